The topological polar surface area (TPSA) is 46.2 Å². The Labute approximate surface area is 79.4 Å². The number of aryl methyl sites for hydroxylation is 1. The second kappa shape index (κ2) is 5.00. The van der Waals surface area contributed by atoms with Crippen molar-refractivity contribution in [3.8, 4) is 0 Å². The molecule has 0 heterocycles. The molecular weight excluding hydrogens is 162 g/mol. The van der Waals surface area contributed by atoms with Crippen molar-refractivity contribution < 1.29 is 5.11 Å². The fourth-order valence-electron chi connectivity index (χ4n) is 1.27. The number of rotatable bonds is 4. The molecule has 0 aliphatic heterocycles. The average Bonchev–Trinajstić information content (AvgIpc) is 2.19. The SMILES string of the molecule is CCc1ccc(CC(O)CN)cc1. The Kier molecular flexibility index (Phi) is 3.93. The molecule has 0 amide bonds. The first-order chi connectivity index (χ1) is 6.26. The van der Waals surface area contributed by atoms with Gasteiger partial charge in [0.2, 0.25) is 0 Å². The van der Waals surface area contributed by atoms with Gasteiger partial charge in [-0.15, -0.1) is 0 Å². The molecule has 1 aromatic rings. The molecule has 3 N–H and O–H groups in total. The van der Waals surface area contributed by atoms with Crippen molar-refractivity contribution in [3.05, 3.63) is 35.4 Å². The number of hydrogen-bond donors (Lipinski definition) is 2. The molecule has 72 valence electrons. The van der Waals surface area contributed by atoms with Gasteiger partial charge < -0.3 is 10.8 Å². The van der Waals surface area contributed by atoms with Crippen LogP contribution >= 0.6 is 0 Å². The van der Waals surface area contributed by atoms with Gasteiger partial charge in [0.05, 0.1) is 6.10 Å². The highest BCUT2D eigenvalue weighted by Crippen LogP contribution is 2.06. The second-order valence-electron chi connectivity index (χ2n) is 3.26. The summed E-state index contributed by atoms with van der Waals surface area (Å²) in [6.07, 6.45) is 1.30. The van der Waals surface area contributed by atoms with Gasteiger partial charge in [0.1, 0.15) is 0 Å². The Balaban J connectivity index is 2.58. The third kappa shape index (κ3) is 3.17. The van der Waals surface area contributed by atoms with E-state index in [1.54, 1.807) is 0 Å². The Hall–Kier alpha value is -0.860. The Morgan fingerprint density at radius 2 is 1.77 bits per heavy atom. The monoisotopic (exact) mass is 179 g/mol. The highest BCUT2D eigenvalue weighted by Gasteiger charge is 2.01. The van der Waals surface area contributed by atoms with Crippen molar-refractivity contribution in [1.29, 1.82) is 0 Å². The van der Waals surface area contributed by atoms with Crippen molar-refractivity contribution in [2.45, 2.75) is 25.9 Å². The molecule has 2 heteroatoms. The van der Waals surface area contributed by atoms with Crippen LogP contribution in [0.5, 0.6) is 0 Å². The fraction of sp³-hybridized carbons (Fsp3) is 0.455. The number of hydrogen-bond acceptors (Lipinski definition) is 2. The van der Waals surface area contributed by atoms with Gasteiger partial charge >= 0.3 is 0 Å². The zero-order chi connectivity index (χ0) is 9.68. The summed E-state index contributed by atoms with van der Waals surface area (Å²) in [7, 11) is 0. The van der Waals surface area contributed by atoms with Gasteiger partial charge in [0, 0.05) is 6.54 Å². The molecule has 0 aliphatic rings. The number of aliphatic hydroxyl groups excluding tert-OH is 1. The van der Waals surface area contributed by atoms with Gasteiger partial charge in [-0.25, -0.2) is 0 Å². The molecular formula is C11H17NO. The molecule has 2 nitrogen and oxygen atoms in total. The van der Waals surface area contributed by atoms with Gasteiger partial charge in [-0.1, -0.05) is 31.2 Å². The maximum absolute atomic E-state index is 9.31. The lowest BCUT2D eigenvalue weighted by Gasteiger charge is -2.07. The molecule has 0 saturated carbocycles. The lowest BCUT2D eigenvalue weighted by atomic mass is 10.1. The van der Waals surface area contributed by atoms with Gasteiger partial charge in [0.15, 0.2) is 0 Å². The summed E-state index contributed by atoms with van der Waals surface area (Å²) in [5, 5.41) is 9.31. The molecule has 1 aromatic carbocycles. The summed E-state index contributed by atoms with van der Waals surface area (Å²) >= 11 is 0. The summed E-state index contributed by atoms with van der Waals surface area (Å²) in [5.41, 5.74) is 7.80. The third-order valence-electron chi connectivity index (χ3n) is 2.17. The highest BCUT2D eigenvalue weighted by molar-refractivity contribution is 5.22. The second-order valence-corrected chi connectivity index (χ2v) is 3.26. The number of benzene rings is 1. The first-order valence-electron chi connectivity index (χ1n) is 4.72. The number of nitrogens with two attached hydrogens (primary N) is 1. The molecule has 0 aromatic heterocycles. The Morgan fingerprint density at radius 3 is 2.23 bits per heavy atom. The molecule has 0 radical (unpaired) electrons. The van der Waals surface area contributed by atoms with Crippen LogP contribution in [0.25, 0.3) is 0 Å². The van der Waals surface area contributed by atoms with Gasteiger partial charge in [0.25, 0.3) is 0 Å². The molecule has 0 spiro atoms. The Bertz CT molecular complexity index is 243. The van der Waals surface area contributed by atoms with Crippen LogP contribution in [0.1, 0.15) is 18.1 Å². The minimum absolute atomic E-state index is 0.329. The van der Waals surface area contributed by atoms with Gasteiger partial charge in [-0.05, 0) is 24.0 Å². The van der Waals surface area contributed by atoms with E-state index < -0.39 is 6.10 Å². The van der Waals surface area contributed by atoms with E-state index in [0.717, 1.165) is 12.0 Å². The van der Waals surface area contributed by atoms with Crippen LogP contribution in [0.4, 0.5) is 0 Å². The first kappa shape index (κ1) is 10.2. The van der Waals surface area contributed by atoms with E-state index in [2.05, 4.69) is 31.2 Å². The van der Waals surface area contributed by atoms with Crippen LogP contribution in [0.2, 0.25) is 0 Å². The molecule has 0 bridgehead atoms. The van der Waals surface area contributed by atoms with Gasteiger partial charge in [-0.3, -0.25) is 0 Å². The van der Waals surface area contributed by atoms with Crippen LogP contribution in [-0.4, -0.2) is 17.8 Å². The molecule has 0 fully saturated rings. The van der Waals surface area contributed by atoms with Crippen LogP contribution in [-0.2, 0) is 12.8 Å². The van der Waals surface area contributed by atoms with E-state index in [1.165, 1.54) is 5.56 Å². The summed E-state index contributed by atoms with van der Waals surface area (Å²) < 4.78 is 0. The molecule has 0 saturated heterocycles. The van der Waals surface area contributed by atoms with Crippen molar-refractivity contribution in [1.82, 2.24) is 0 Å². The van der Waals surface area contributed by atoms with E-state index >= 15 is 0 Å². The predicted octanol–water partition coefficient (Wildman–Crippen LogP) is 1.11. The summed E-state index contributed by atoms with van der Waals surface area (Å²) in [6.45, 7) is 2.46. The average molecular weight is 179 g/mol. The highest BCUT2D eigenvalue weighted by atomic mass is 16.3. The molecule has 0 aliphatic carbocycles. The van der Waals surface area contributed by atoms with E-state index in [9.17, 15) is 5.11 Å². The number of aliphatic hydroxyl groups is 1. The largest absolute Gasteiger partial charge is 0.391 e. The summed E-state index contributed by atoms with van der Waals surface area (Å²) in [6, 6.07) is 8.30. The predicted molar refractivity (Wildman–Crippen MR) is 54.6 cm³/mol. The van der Waals surface area contributed by atoms with Crippen molar-refractivity contribution >= 4 is 0 Å². The minimum Gasteiger partial charge on any atom is -0.391 e. The minimum atomic E-state index is -0.410. The maximum Gasteiger partial charge on any atom is 0.0702 e. The zero-order valence-corrected chi connectivity index (χ0v) is 8.03. The lowest BCUT2D eigenvalue weighted by molar-refractivity contribution is 0.183. The molecule has 1 unspecified atom stereocenters. The standard InChI is InChI=1S/C11H17NO/c1-2-9-3-5-10(6-4-9)7-11(13)8-12/h3-6,11,13H,2,7-8,12H2,1H3. The van der Waals surface area contributed by atoms with Crippen LogP contribution in [0.15, 0.2) is 24.3 Å². The van der Waals surface area contributed by atoms with E-state index in [4.69, 9.17) is 5.73 Å². The zero-order valence-electron chi connectivity index (χ0n) is 8.03. The van der Waals surface area contributed by atoms with Gasteiger partial charge in [-0.2, -0.15) is 0 Å². The van der Waals surface area contributed by atoms with Crippen molar-refractivity contribution in [3.63, 3.8) is 0 Å². The first-order valence-corrected chi connectivity index (χ1v) is 4.72. The summed E-state index contributed by atoms with van der Waals surface area (Å²) in [5.74, 6) is 0. The maximum atomic E-state index is 9.31. The lowest BCUT2D eigenvalue weighted by Crippen LogP contribution is -2.21. The quantitative estimate of drug-likeness (QED) is 0.727. The normalized spacial score (nSPS) is 12.8. The smallest absolute Gasteiger partial charge is 0.0702 e. The van der Waals surface area contributed by atoms with E-state index in [1.807, 2.05) is 0 Å². The summed E-state index contributed by atoms with van der Waals surface area (Å²) in [4.78, 5) is 0. The van der Waals surface area contributed by atoms with Crippen LogP contribution in [0.3, 0.4) is 0 Å². The van der Waals surface area contributed by atoms with E-state index in [0.29, 0.717) is 13.0 Å². The van der Waals surface area contributed by atoms with Crippen LogP contribution < -0.4 is 5.73 Å². The molecule has 13 heavy (non-hydrogen) atoms. The molecule has 1 atom stereocenters. The van der Waals surface area contributed by atoms with Crippen molar-refractivity contribution in [2.75, 3.05) is 6.54 Å². The fourth-order valence-corrected chi connectivity index (χ4v) is 1.27. The molecule has 1 rings (SSSR count). The van der Waals surface area contributed by atoms with Crippen molar-refractivity contribution in [2.24, 2.45) is 5.73 Å². The van der Waals surface area contributed by atoms with E-state index in [-0.39, 0.29) is 0 Å². The Morgan fingerprint density at radius 1 is 1.23 bits per heavy atom. The van der Waals surface area contributed by atoms with Crippen LogP contribution in [0, 0.1) is 0 Å². The third-order valence-corrected chi connectivity index (χ3v) is 2.17.